The van der Waals surface area contributed by atoms with E-state index >= 15 is 0 Å². The van der Waals surface area contributed by atoms with Crippen LogP contribution in [0.4, 0.5) is 5.82 Å². The van der Waals surface area contributed by atoms with Gasteiger partial charge in [0.25, 0.3) is 0 Å². The number of aliphatic hydroxyl groups excluding tert-OH is 1. The summed E-state index contributed by atoms with van der Waals surface area (Å²) in [6, 6.07) is 7.99. The number of aromatic nitrogens is 2. The Bertz CT molecular complexity index is 616. The lowest BCUT2D eigenvalue weighted by atomic mass is 10.1. The Labute approximate surface area is 132 Å². The summed E-state index contributed by atoms with van der Waals surface area (Å²) in [7, 11) is 5.98. The Morgan fingerprint density at radius 3 is 2.45 bits per heavy atom. The van der Waals surface area contributed by atoms with Gasteiger partial charge < -0.3 is 15.3 Å². The lowest BCUT2D eigenvalue weighted by Gasteiger charge is -2.17. The van der Waals surface area contributed by atoms with E-state index in [4.69, 9.17) is 0 Å². The topological polar surface area (TPSA) is 53.3 Å². The molecule has 0 aliphatic heterocycles. The van der Waals surface area contributed by atoms with Crippen LogP contribution in [0.3, 0.4) is 0 Å². The van der Waals surface area contributed by atoms with Crippen molar-refractivity contribution in [1.82, 2.24) is 15.1 Å². The first-order chi connectivity index (χ1) is 10.4. The van der Waals surface area contributed by atoms with Gasteiger partial charge in [-0.1, -0.05) is 29.8 Å². The Morgan fingerprint density at radius 2 is 1.86 bits per heavy atom. The molecular formula is C17H26N4O. The number of hydrogen-bond donors (Lipinski definition) is 2. The first-order valence-electron chi connectivity index (χ1n) is 7.55. The maximum Gasteiger partial charge on any atom is 0.130 e. The summed E-state index contributed by atoms with van der Waals surface area (Å²) in [5, 5.41) is 18.1. The number of nitrogens with one attached hydrogen (secondary N) is 1. The largest absolute Gasteiger partial charge is 0.387 e. The van der Waals surface area contributed by atoms with E-state index in [-0.39, 0.29) is 0 Å². The van der Waals surface area contributed by atoms with Gasteiger partial charge in [-0.3, -0.25) is 4.68 Å². The second-order valence-corrected chi connectivity index (χ2v) is 5.96. The minimum Gasteiger partial charge on any atom is -0.387 e. The fourth-order valence-electron chi connectivity index (χ4n) is 2.70. The van der Waals surface area contributed by atoms with Crippen molar-refractivity contribution in [3.8, 4) is 0 Å². The van der Waals surface area contributed by atoms with Crippen molar-refractivity contribution < 1.29 is 5.11 Å². The fraction of sp³-hybridized carbons (Fsp3) is 0.471. The first kappa shape index (κ1) is 16.5. The van der Waals surface area contributed by atoms with Crippen LogP contribution in [-0.4, -0.2) is 35.5 Å². The molecular weight excluding hydrogens is 276 g/mol. The fourth-order valence-corrected chi connectivity index (χ4v) is 2.70. The second kappa shape index (κ2) is 6.94. The second-order valence-electron chi connectivity index (χ2n) is 5.96. The van der Waals surface area contributed by atoms with Crippen LogP contribution in [0.15, 0.2) is 24.3 Å². The molecule has 22 heavy (non-hydrogen) atoms. The SMILES string of the molecule is Cc1ccc(C(O)CNCc2c(C)nn(C)c2N(C)C)cc1. The number of hydrogen-bond acceptors (Lipinski definition) is 4. The molecule has 1 aromatic heterocycles. The molecule has 2 N–H and O–H groups in total. The van der Waals surface area contributed by atoms with E-state index in [2.05, 4.69) is 15.3 Å². The van der Waals surface area contributed by atoms with Crippen molar-refractivity contribution >= 4 is 5.82 Å². The maximum absolute atomic E-state index is 10.2. The number of rotatable bonds is 6. The van der Waals surface area contributed by atoms with Gasteiger partial charge in [0.2, 0.25) is 0 Å². The lowest BCUT2D eigenvalue weighted by molar-refractivity contribution is 0.174. The number of anilines is 1. The number of benzene rings is 1. The van der Waals surface area contributed by atoms with E-state index in [0.717, 1.165) is 17.1 Å². The van der Waals surface area contributed by atoms with Gasteiger partial charge in [-0.25, -0.2) is 0 Å². The first-order valence-corrected chi connectivity index (χ1v) is 7.55. The monoisotopic (exact) mass is 302 g/mol. The summed E-state index contributed by atoms with van der Waals surface area (Å²) in [6.07, 6.45) is -0.500. The van der Waals surface area contributed by atoms with Gasteiger partial charge in [-0.05, 0) is 19.4 Å². The van der Waals surface area contributed by atoms with Crippen LogP contribution in [0.2, 0.25) is 0 Å². The van der Waals surface area contributed by atoms with E-state index in [9.17, 15) is 5.11 Å². The standard InChI is InChI=1S/C17H26N4O/c1-12-6-8-14(9-7-12)16(22)11-18-10-15-13(2)19-21(5)17(15)20(3)4/h6-9,16,18,22H,10-11H2,1-5H3. The smallest absolute Gasteiger partial charge is 0.130 e. The summed E-state index contributed by atoms with van der Waals surface area (Å²) >= 11 is 0. The van der Waals surface area contributed by atoms with E-state index in [1.54, 1.807) is 0 Å². The molecule has 1 unspecified atom stereocenters. The Hall–Kier alpha value is -1.85. The summed E-state index contributed by atoms with van der Waals surface area (Å²) in [6.45, 7) is 5.27. The summed E-state index contributed by atoms with van der Waals surface area (Å²) in [5.74, 6) is 1.09. The average Bonchev–Trinajstić information content (AvgIpc) is 2.74. The molecule has 5 heteroatoms. The molecule has 1 atom stereocenters. The highest BCUT2D eigenvalue weighted by molar-refractivity contribution is 5.48. The predicted molar refractivity (Wildman–Crippen MR) is 90.1 cm³/mol. The van der Waals surface area contributed by atoms with Gasteiger partial charge in [0.1, 0.15) is 5.82 Å². The third-order valence-electron chi connectivity index (χ3n) is 3.84. The van der Waals surface area contributed by atoms with Crippen LogP contribution < -0.4 is 10.2 Å². The molecule has 0 amide bonds. The molecule has 2 aromatic rings. The molecule has 1 heterocycles. The molecule has 120 valence electrons. The number of aryl methyl sites for hydroxylation is 3. The highest BCUT2D eigenvalue weighted by Gasteiger charge is 2.15. The highest BCUT2D eigenvalue weighted by atomic mass is 16.3. The zero-order valence-electron chi connectivity index (χ0n) is 14.1. The van der Waals surface area contributed by atoms with Crippen molar-refractivity contribution in [1.29, 1.82) is 0 Å². The van der Waals surface area contributed by atoms with Crippen molar-refractivity contribution in [3.63, 3.8) is 0 Å². The molecule has 1 aromatic carbocycles. The molecule has 0 spiro atoms. The Kier molecular flexibility index (Phi) is 5.21. The average molecular weight is 302 g/mol. The molecule has 2 rings (SSSR count). The van der Waals surface area contributed by atoms with E-state index in [0.29, 0.717) is 13.1 Å². The van der Waals surface area contributed by atoms with Crippen molar-refractivity contribution in [2.24, 2.45) is 7.05 Å². The summed E-state index contributed by atoms with van der Waals surface area (Å²) in [5.41, 5.74) is 4.33. The van der Waals surface area contributed by atoms with E-state index in [1.807, 2.05) is 63.9 Å². The van der Waals surface area contributed by atoms with Gasteiger partial charge >= 0.3 is 0 Å². The molecule has 0 saturated heterocycles. The molecule has 0 aliphatic carbocycles. The molecule has 0 aliphatic rings. The van der Waals surface area contributed by atoms with Crippen LogP contribution in [-0.2, 0) is 13.6 Å². The zero-order valence-corrected chi connectivity index (χ0v) is 14.1. The molecule has 0 bridgehead atoms. The van der Waals surface area contributed by atoms with Gasteiger partial charge in [-0.15, -0.1) is 0 Å². The lowest BCUT2D eigenvalue weighted by Crippen LogP contribution is -2.23. The number of aliphatic hydroxyl groups is 1. The quantitative estimate of drug-likeness (QED) is 0.856. The van der Waals surface area contributed by atoms with Crippen LogP contribution in [0.25, 0.3) is 0 Å². The van der Waals surface area contributed by atoms with Crippen LogP contribution >= 0.6 is 0 Å². The highest BCUT2D eigenvalue weighted by Crippen LogP contribution is 2.21. The maximum atomic E-state index is 10.2. The third-order valence-corrected chi connectivity index (χ3v) is 3.84. The minimum absolute atomic E-state index is 0.500. The van der Waals surface area contributed by atoms with E-state index in [1.165, 1.54) is 11.1 Å². The van der Waals surface area contributed by atoms with E-state index < -0.39 is 6.10 Å². The molecule has 0 radical (unpaired) electrons. The number of nitrogens with zero attached hydrogens (tertiary/aromatic N) is 3. The van der Waals surface area contributed by atoms with Gasteiger partial charge in [0, 0.05) is 39.8 Å². The minimum atomic E-state index is -0.500. The normalized spacial score (nSPS) is 12.5. The van der Waals surface area contributed by atoms with Crippen LogP contribution in [0.5, 0.6) is 0 Å². The van der Waals surface area contributed by atoms with Crippen molar-refractivity contribution in [2.75, 3.05) is 25.5 Å². The zero-order chi connectivity index (χ0) is 16.3. The van der Waals surface area contributed by atoms with Crippen LogP contribution in [0, 0.1) is 13.8 Å². The summed E-state index contributed by atoms with van der Waals surface area (Å²) in [4.78, 5) is 2.06. The van der Waals surface area contributed by atoms with Crippen LogP contribution in [0.1, 0.15) is 28.5 Å². The van der Waals surface area contributed by atoms with Crippen molar-refractivity contribution in [2.45, 2.75) is 26.5 Å². The van der Waals surface area contributed by atoms with Gasteiger partial charge in [-0.2, -0.15) is 5.10 Å². The molecule has 0 fully saturated rings. The molecule has 5 nitrogen and oxygen atoms in total. The Balaban J connectivity index is 1.98. The van der Waals surface area contributed by atoms with Gasteiger partial charge in [0.15, 0.2) is 0 Å². The summed E-state index contributed by atoms with van der Waals surface area (Å²) < 4.78 is 1.89. The van der Waals surface area contributed by atoms with Gasteiger partial charge in [0.05, 0.1) is 11.8 Å². The van der Waals surface area contributed by atoms with Crippen molar-refractivity contribution in [3.05, 3.63) is 46.6 Å². The predicted octanol–water partition coefficient (Wildman–Crippen LogP) is 1.93. The third kappa shape index (κ3) is 3.67. The Morgan fingerprint density at radius 1 is 1.23 bits per heavy atom. The molecule has 0 saturated carbocycles.